The first-order valence-electron chi connectivity index (χ1n) is 10.2. The summed E-state index contributed by atoms with van der Waals surface area (Å²) in [6.45, 7) is 6.18. The lowest BCUT2D eigenvalue weighted by Crippen LogP contribution is -2.43. The maximum Gasteiger partial charge on any atom is 0.253 e. The van der Waals surface area contributed by atoms with Gasteiger partial charge in [-0.05, 0) is 62.1 Å². The van der Waals surface area contributed by atoms with E-state index in [0.29, 0.717) is 18.7 Å². The largest absolute Gasteiger partial charge is 0.376 e. The van der Waals surface area contributed by atoms with Crippen LogP contribution in [-0.4, -0.2) is 47.8 Å². The monoisotopic (exact) mass is 384 g/mol. The molecule has 150 valence electrons. The number of aryl methyl sites for hydroxylation is 2. The van der Waals surface area contributed by atoms with Crippen LogP contribution in [0, 0.1) is 13.8 Å². The van der Waals surface area contributed by atoms with E-state index in [4.69, 9.17) is 9.47 Å². The average molecular weight is 384 g/mol. The smallest absolute Gasteiger partial charge is 0.253 e. The zero-order valence-corrected chi connectivity index (χ0v) is 16.6. The Morgan fingerprint density at radius 3 is 2.68 bits per heavy atom. The van der Waals surface area contributed by atoms with Crippen molar-refractivity contribution in [3.05, 3.63) is 45.2 Å². The minimum atomic E-state index is -0.397. The first-order valence-corrected chi connectivity index (χ1v) is 10.2. The molecule has 28 heavy (non-hydrogen) atoms. The van der Waals surface area contributed by atoms with Crippen molar-refractivity contribution in [2.75, 3.05) is 19.8 Å². The fourth-order valence-corrected chi connectivity index (χ4v) is 4.14. The van der Waals surface area contributed by atoms with Crippen molar-refractivity contribution in [3.63, 3.8) is 0 Å². The molecule has 2 aromatic rings. The lowest BCUT2D eigenvalue weighted by atomic mass is 10.0. The molecule has 2 aliphatic heterocycles. The molecule has 1 aromatic carbocycles. The molecule has 6 heteroatoms. The van der Waals surface area contributed by atoms with Gasteiger partial charge in [0.05, 0.1) is 18.2 Å². The Kier molecular flexibility index (Phi) is 5.51. The normalized spacial score (nSPS) is 22.1. The van der Waals surface area contributed by atoms with Crippen LogP contribution in [-0.2, 0) is 20.8 Å². The molecule has 0 spiro atoms. The number of fused-ring (bicyclic) bond motifs is 1. The molecular weight excluding hydrogens is 356 g/mol. The topological polar surface area (TPSA) is 71.6 Å². The maximum absolute atomic E-state index is 13.0. The van der Waals surface area contributed by atoms with E-state index in [2.05, 4.69) is 11.1 Å². The summed E-state index contributed by atoms with van der Waals surface area (Å²) in [6, 6.07) is 5.98. The number of aromatic amines is 1. The number of nitrogens with one attached hydrogen (secondary N) is 1. The predicted octanol–water partition coefficient (Wildman–Crippen LogP) is 2.83. The molecule has 0 saturated carbocycles. The molecule has 1 amide bonds. The van der Waals surface area contributed by atoms with Crippen molar-refractivity contribution in [1.82, 2.24) is 9.88 Å². The standard InChI is InChI=1S/C22H28N2O4/c1-14-7-8-16-11-17(21(25)23-20(16)15(14)2)12-24(13-18-5-3-9-27-18)22(26)19-6-4-10-28-19/h7-8,11,18-19H,3-6,9-10,12-13H2,1-2H3,(H,23,25)/t18-,19+/m1/s1. The van der Waals surface area contributed by atoms with Gasteiger partial charge >= 0.3 is 0 Å². The number of rotatable bonds is 5. The molecule has 6 nitrogen and oxygen atoms in total. The number of H-pyrrole nitrogens is 1. The zero-order valence-electron chi connectivity index (χ0n) is 16.6. The molecule has 2 fully saturated rings. The van der Waals surface area contributed by atoms with E-state index in [0.717, 1.165) is 54.3 Å². The van der Waals surface area contributed by atoms with Gasteiger partial charge < -0.3 is 19.4 Å². The maximum atomic E-state index is 13.0. The van der Waals surface area contributed by atoms with Gasteiger partial charge in [-0.3, -0.25) is 9.59 Å². The molecule has 1 N–H and O–H groups in total. The fourth-order valence-electron chi connectivity index (χ4n) is 4.14. The number of ether oxygens (including phenoxy) is 2. The van der Waals surface area contributed by atoms with Crippen molar-refractivity contribution in [2.24, 2.45) is 0 Å². The molecule has 2 atom stereocenters. The number of hydrogen-bond donors (Lipinski definition) is 1. The summed E-state index contributed by atoms with van der Waals surface area (Å²) in [4.78, 5) is 30.6. The molecule has 2 saturated heterocycles. The average Bonchev–Trinajstić information content (AvgIpc) is 3.39. The molecule has 4 rings (SSSR count). The van der Waals surface area contributed by atoms with E-state index in [1.807, 2.05) is 26.0 Å². The number of amides is 1. The number of benzene rings is 1. The predicted molar refractivity (Wildman–Crippen MR) is 107 cm³/mol. The van der Waals surface area contributed by atoms with Gasteiger partial charge in [0, 0.05) is 25.3 Å². The summed E-state index contributed by atoms with van der Waals surface area (Å²) in [7, 11) is 0. The minimum absolute atomic E-state index is 0.0346. The van der Waals surface area contributed by atoms with Crippen LogP contribution in [0.4, 0.5) is 0 Å². The molecule has 0 aliphatic carbocycles. The SMILES string of the molecule is Cc1ccc2cc(CN(C[C@H]3CCCO3)C(=O)[C@@H]3CCCO3)c(=O)[nH]c2c1C. The number of carbonyl (C=O) groups is 1. The third-order valence-electron chi connectivity index (χ3n) is 5.95. The molecule has 0 radical (unpaired) electrons. The van der Waals surface area contributed by atoms with Crippen LogP contribution in [0.2, 0.25) is 0 Å². The van der Waals surface area contributed by atoms with E-state index in [-0.39, 0.29) is 24.1 Å². The Hall–Kier alpha value is -2.18. The minimum Gasteiger partial charge on any atom is -0.376 e. The fraction of sp³-hybridized carbons (Fsp3) is 0.545. The molecule has 0 unspecified atom stereocenters. The first kappa shape index (κ1) is 19.2. The third-order valence-corrected chi connectivity index (χ3v) is 5.95. The van der Waals surface area contributed by atoms with Crippen LogP contribution in [0.5, 0.6) is 0 Å². The highest BCUT2D eigenvalue weighted by Crippen LogP contribution is 2.22. The summed E-state index contributed by atoms with van der Waals surface area (Å²) < 4.78 is 11.4. The zero-order chi connectivity index (χ0) is 19.7. The van der Waals surface area contributed by atoms with Gasteiger partial charge in [0.1, 0.15) is 6.10 Å². The van der Waals surface area contributed by atoms with Crippen molar-refractivity contribution in [1.29, 1.82) is 0 Å². The number of aromatic nitrogens is 1. The summed E-state index contributed by atoms with van der Waals surface area (Å²) >= 11 is 0. The Bertz CT molecular complexity index is 924. The van der Waals surface area contributed by atoms with Gasteiger partial charge in [-0.1, -0.05) is 12.1 Å². The van der Waals surface area contributed by atoms with Gasteiger partial charge in [0.25, 0.3) is 11.5 Å². The van der Waals surface area contributed by atoms with E-state index >= 15 is 0 Å². The summed E-state index contributed by atoms with van der Waals surface area (Å²) in [5, 5.41) is 0.985. The van der Waals surface area contributed by atoms with Crippen LogP contribution in [0.15, 0.2) is 23.0 Å². The Labute approximate surface area is 164 Å². The molecular formula is C22H28N2O4. The van der Waals surface area contributed by atoms with Gasteiger partial charge in [0.2, 0.25) is 0 Å². The lowest BCUT2D eigenvalue weighted by Gasteiger charge is -2.27. The molecule has 2 aliphatic rings. The van der Waals surface area contributed by atoms with Gasteiger partial charge in [0.15, 0.2) is 0 Å². The summed E-state index contributed by atoms with van der Waals surface area (Å²) in [5.41, 5.74) is 3.54. The highest BCUT2D eigenvalue weighted by atomic mass is 16.5. The number of nitrogens with zero attached hydrogens (tertiary/aromatic N) is 1. The van der Waals surface area contributed by atoms with Crippen molar-refractivity contribution in [3.8, 4) is 0 Å². The van der Waals surface area contributed by atoms with Crippen LogP contribution in [0.3, 0.4) is 0 Å². The van der Waals surface area contributed by atoms with Crippen molar-refractivity contribution >= 4 is 16.8 Å². The molecule has 3 heterocycles. The Morgan fingerprint density at radius 2 is 1.96 bits per heavy atom. The highest BCUT2D eigenvalue weighted by Gasteiger charge is 2.31. The second-order valence-electron chi connectivity index (χ2n) is 7.95. The van der Waals surface area contributed by atoms with Gasteiger partial charge in [-0.25, -0.2) is 0 Å². The van der Waals surface area contributed by atoms with Crippen LogP contribution in [0.25, 0.3) is 10.9 Å². The lowest BCUT2D eigenvalue weighted by molar-refractivity contribution is -0.143. The second kappa shape index (κ2) is 8.05. The Morgan fingerprint density at radius 1 is 1.18 bits per heavy atom. The van der Waals surface area contributed by atoms with E-state index < -0.39 is 6.10 Å². The highest BCUT2D eigenvalue weighted by molar-refractivity contribution is 5.84. The molecule has 1 aromatic heterocycles. The van der Waals surface area contributed by atoms with Crippen LogP contribution < -0.4 is 5.56 Å². The van der Waals surface area contributed by atoms with E-state index in [1.165, 1.54) is 0 Å². The van der Waals surface area contributed by atoms with Gasteiger partial charge in [-0.2, -0.15) is 0 Å². The molecule has 0 bridgehead atoms. The van der Waals surface area contributed by atoms with Crippen molar-refractivity contribution in [2.45, 2.75) is 58.3 Å². The van der Waals surface area contributed by atoms with E-state index in [9.17, 15) is 9.59 Å². The Balaban J connectivity index is 1.63. The number of carbonyl (C=O) groups excluding carboxylic acids is 1. The van der Waals surface area contributed by atoms with Gasteiger partial charge in [-0.15, -0.1) is 0 Å². The second-order valence-corrected chi connectivity index (χ2v) is 7.95. The quantitative estimate of drug-likeness (QED) is 0.860. The number of pyridine rings is 1. The number of hydrogen-bond acceptors (Lipinski definition) is 4. The van der Waals surface area contributed by atoms with Crippen LogP contribution in [0.1, 0.15) is 42.4 Å². The summed E-state index contributed by atoms with van der Waals surface area (Å²) in [5.74, 6) is -0.0346. The third kappa shape index (κ3) is 3.84. The van der Waals surface area contributed by atoms with Crippen LogP contribution >= 0.6 is 0 Å². The first-order chi connectivity index (χ1) is 13.5. The van der Waals surface area contributed by atoms with Crippen molar-refractivity contribution < 1.29 is 14.3 Å². The van der Waals surface area contributed by atoms with E-state index in [1.54, 1.807) is 4.90 Å². The summed E-state index contributed by atoms with van der Waals surface area (Å²) in [6.07, 6.45) is 3.25.